The third-order valence-electron chi connectivity index (χ3n) is 0.920. The van der Waals surface area contributed by atoms with Gasteiger partial charge in [0, 0.05) is 7.05 Å². The van der Waals surface area contributed by atoms with E-state index in [2.05, 4.69) is 10.9 Å². The number of nitrogens with one attached hydrogen (secondary N) is 2. The molecular formula is C7H16N2O2. The third kappa shape index (κ3) is 5.69. The van der Waals surface area contributed by atoms with Gasteiger partial charge in [0.15, 0.2) is 0 Å². The molecule has 4 nitrogen and oxygen atoms in total. The normalized spacial score (nSPS) is 11.9. The first-order chi connectivity index (χ1) is 5.20. The summed E-state index contributed by atoms with van der Waals surface area (Å²) in [4.78, 5) is 0. The van der Waals surface area contributed by atoms with Crippen LogP contribution in [-0.2, 0) is 4.74 Å². The largest absolute Gasteiger partial charge is 0.491 e. The molecule has 0 amide bonds. The summed E-state index contributed by atoms with van der Waals surface area (Å²) in [5, 5.41) is 8.74. The van der Waals surface area contributed by atoms with E-state index in [1.807, 2.05) is 13.8 Å². The van der Waals surface area contributed by atoms with Gasteiger partial charge in [0.2, 0.25) is 0 Å². The van der Waals surface area contributed by atoms with E-state index in [0.717, 1.165) is 0 Å². The highest BCUT2D eigenvalue weighted by molar-refractivity contribution is 4.90. The van der Waals surface area contributed by atoms with Gasteiger partial charge in [0.05, 0.1) is 12.3 Å². The lowest BCUT2D eigenvalue weighted by molar-refractivity contribution is 0.111. The van der Waals surface area contributed by atoms with Crippen LogP contribution in [0.1, 0.15) is 13.8 Å². The number of ether oxygens (including phenoxy) is 1. The minimum absolute atomic E-state index is 0.0899. The molecule has 0 atom stereocenters. The van der Waals surface area contributed by atoms with E-state index >= 15 is 0 Å². The zero-order chi connectivity index (χ0) is 8.69. The van der Waals surface area contributed by atoms with Gasteiger partial charge >= 0.3 is 0 Å². The molecule has 0 aromatic heterocycles. The van der Waals surface area contributed by atoms with Crippen molar-refractivity contribution in [1.82, 2.24) is 10.9 Å². The highest BCUT2D eigenvalue weighted by Gasteiger charge is 1.97. The lowest BCUT2D eigenvalue weighted by atomic mass is 10.4. The van der Waals surface area contributed by atoms with E-state index in [9.17, 15) is 0 Å². The number of rotatable bonds is 5. The van der Waals surface area contributed by atoms with Gasteiger partial charge in [0.1, 0.15) is 12.4 Å². The van der Waals surface area contributed by atoms with Crippen molar-refractivity contribution in [3.63, 3.8) is 0 Å². The molecule has 0 aliphatic heterocycles. The Kier molecular flexibility index (Phi) is 5.60. The van der Waals surface area contributed by atoms with E-state index in [-0.39, 0.29) is 12.7 Å². The molecule has 3 N–H and O–H groups in total. The fourth-order valence-electron chi connectivity index (χ4n) is 0.572. The molecule has 0 fully saturated rings. The van der Waals surface area contributed by atoms with Gasteiger partial charge in [-0.15, -0.1) is 0 Å². The van der Waals surface area contributed by atoms with E-state index in [1.54, 1.807) is 13.2 Å². The van der Waals surface area contributed by atoms with Crippen molar-refractivity contribution in [3.05, 3.63) is 12.0 Å². The van der Waals surface area contributed by atoms with Crippen LogP contribution >= 0.6 is 0 Å². The quantitative estimate of drug-likeness (QED) is 0.390. The minimum Gasteiger partial charge on any atom is -0.491 e. The Hall–Kier alpha value is -0.740. The second-order valence-corrected chi connectivity index (χ2v) is 2.33. The molecule has 66 valence electrons. The smallest absolute Gasteiger partial charge is 0.139 e. The van der Waals surface area contributed by atoms with Gasteiger partial charge in [-0.2, -0.15) is 0 Å². The predicted molar refractivity (Wildman–Crippen MR) is 43.6 cm³/mol. The fraction of sp³-hybridized carbons (Fsp3) is 0.714. The summed E-state index contributed by atoms with van der Waals surface area (Å²) < 4.78 is 5.21. The van der Waals surface area contributed by atoms with Crippen LogP contribution in [0.5, 0.6) is 0 Å². The Morgan fingerprint density at radius 1 is 1.64 bits per heavy atom. The Labute approximate surface area is 67.2 Å². The maximum Gasteiger partial charge on any atom is 0.139 e. The molecule has 0 aliphatic rings. The number of aliphatic hydroxyl groups is 1. The van der Waals surface area contributed by atoms with Crippen LogP contribution < -0.4 is 10.9 Å². The lowest BCUT2D eigenvalue weighted by Gasteiger charge is -2.11. The molecule has 0 aromatic carbocycles. The van der Waals surface area contributed by atoms with Crippen LogP contribution in [0.15, 0.2) is 12.0 Å². The Morgan fingerprint density at radius 3 is 2.64 bits per heavy atom. The van der Waals surface area contributed by atoms with Crippen molar-refractivity contribution in [2.75, 3.05) is 13.7 Å². The summed E-state index contributed by atoms with van der Waals surface area (Å²) in [6.45, 7) is 3.72. The average Bonchev–Trinajstić information content (AvgIpc) is 1.97. The number of hydrazine groups is 1. The van der Waals surface area contributed by atoms with Crippen LogP contribution in [0.25, 0.3) is 0 Å². The maximum atomic E-state index is 8.74. The summed E-state index contributed by atoms with van der Waals surface area (Å²) >= 11 is 0. The van der Waals surface area contributed by atoms with Crippen molar-refractivity contribution in [2.24, 2.45) is 0 Å². The molecule has 0 rings (SSSR count). The van der Waals surface area contributed by atoms with Gasteiger partial charge in [0.25, 0.3) is 0 Å². The van der Waals surface area contributed by atoms with Crippen LogP contribution in [0.3, 0.4) is 0 Å². The molecule has 4 heteroatoms. The summed E-state index contributed by atoms with van der Waals surface area (Å²) in [5.74, 6) is 0.523. The first kappa shape index (κ1) is 10.3. The maximum absolute atomic E-state index is 8.74. The molecule has 0 unspecified atom stereocenters. The average molecular weight is 160 g/mol. The van der Waals surface area contributed by atoms with Crippen molar-refractivity contribution in [2.45, 2.75) is 20.0 Å². The molecule has 0 bridgehead atoms. The first-order valence-electron chi connectivity index (χ1n) is 3.59. The summed E-state index contributed by atoms with van der Waals surface area (Å²) in [6, 6.07) is 0. The van der Waals surface area contributed by atoms with E-state index in [1.165, 1.54) is 0 Å². The van der Waals surface area contributed by atoms with Gasteiger partial charge in [-0.25, -0.2) is 5.43 Å². The summed E-state index contributed by atoms with van der Waals surface area (Å²) in [6.07, 6.45) is 1.67. The lowest BCUT2D eigenvalue weighted by Crippen LogP contribution is -2.23. The van der Waals surface area contributed by atoms with Crippen LogP contribution in [0.2, 0.25) is 0 Å². The molecule has 0 saturated heterocycles. The standard InChI is InChI=1S/C7H16N2O2/c1-6(2)11-7(5-10)4-9-8-3/h4,6,8-10H,5H2,1-3H3/b7-4-. The molecule has 0 aliphatic carbocycles. The van der Waals surface area contributed by atoms with Crippen molar-refractivity contribution < 1.29 is 9.84 Å². The van der Waals surface area contributed by atoms with E-state index in [0.29, 0.717) is 5.76 Å². The van der Waals surface area contributed by atoms with Gasteiger partial charge in [-0.3, -0.25) is 0 Å². The van der Waals surface area contributed by atoms with Gasteiger partial charge in [-0.1, -0.05) is 0 Å². The van der Waals surface area contributed by atoms with Crippen molar-refractivity contribution in [1.29, 1.82) is 0 Å². The molecule has 0 heterocycles. The summed E-state index contributed by atoms with van der Waals surface area (Å²) in [5.41, 5.74) is 5.40. The highest BCUT2D eigenvalue weighted by Crippen LogP contribution is 1.98. The number of aliphatic hydroxyl groups excluding tert-OH is 1. The van der Waals surface area contributed by atoms with Crippen molar-refractivity contribution in [3.8, 4) is 0 Å². The monoisotopic (exact) mass is 160 g/mol. The third-order valence-corrected chi connectivity index (χ3v) is 0.920. The molecule has 11 heavy (non-hydrogen) atoms. The van der Waals surface area contributed by atoms with Crippen molar-refractivity contribution >= 4 is 0 Å². The number of hydrogen-bond acceptors (Lipinski definition) is 4. The topological polar surface area (TPSA) is 53.5 Å². The zero-order valence-corrected chi connectivity index (χ0v) is 7.22. The first-order valence-corrected chi connectivity index (χ1v) is 3.59. The van der Waals surface area contributed by atoms with Gasteiger partial charge < -0.3 is 15.3 Å². The van der Waals surface area contributed by atoms with Gasteiger partial charge in [-0.05, 0) is 13.8 Å². The second-order valence-electron chi connectivity index (χ2n) is 2.33. The van der Waals surface area contributed by atoms with Crippen LogP contribution in [0.4, 0.5) is 0 Å². The predicted octanol–water partition coefficient (Wildman–Crippen LogP) is -0.0309. The molecule has 0 radical (unpaired) electrons. The van der Waals surface area contributed by atoms with Crippen LogP contribution in [0, 0.1) is 0 Å². The highest BCUT2D eigenvalue weighted by atomic mass is 16.5. The Morgan fingerprint density at radius 2 is 2.27 bits per heavy atom. The molecule has 0 spiro atoms. The second kappa shape index (κ2) is 6.00. The van der Waals surface area contributed by atoms with E-state index in [4.69, 9.17) is 9.84 Å². The molecule has 0 saturated carbocycles. The Balaban J connectivity index is 3.73. The molecule has 0 aromatic rings. The Bertz CT molecular complexity index is 124. The SMILES string of the molecule is CNN/C=C(/CO)OC(C)C. The molecular weight excluding hydrogens is 144 g/mol. The van der Waals surface area contributed by atoms with E-state index < -0.39 is 0 Å². The minimum atomic E-state index is -0.0904. The fourth-order valence-corrected chi connectivity index (χ4v) is 0.572. The van der Waals surface area contributed by atoms with Crippen LogP contribution in [-0.4, -0.2) is 24.9 Å². The zero-order valence-electron chi connectivity index (χ0n) is 7.22. The number of hydrogen-bond donors (Lipinski definition) is 3. The summed E-state index contributed by atoms with van der Waals surface area (Å²) in [7, 11) is 1.74.